The van der Waals surface area contributed by atoms with Crippen molar-refractivity contribution in [2.45, 2.75) is 6.92 Å². The van der Waals surface area contributed by atoms with Gasteiger partial charge in [0.15, 0.2) is 0 Å². The van der Waals surface area contributed by atoms with Crippen LogP contribution >= 0.6 is 0 Å². The quantitative estimate of drug-likeness (QED) is 0.178. The molecule has 0 aliphatic heterocycles. The molecular weight excluding hydrogens is 643 g/mol. The minimum Gasteiger partial charge on any atom is -0.301 e. The maximum absolute atomic E-state index is 4.69. The van der Waals surface area contributed by atoms with Crippen LogP contribution < -0.4 is 0 Å². The zero-order valence-corrected chi connectivity index (χ0v) is 23.3. The van der Waals surface area contributed by atoms with Gasteiger partial charge in [0.25, 0.3) is 0 Å². The fraction of sp³-hybridized carbons (Fsp3) is 0.0294. The number of benzene rings is 4. The molecule has 0 bridgehead atoms. The summed E-state index contributed by atoms with van der Waals surface area (Å²) in [6, 6.07) is 46.9. The zero-order valence-electron chi connectivity index (χ0n) is 20.9. The Kier molecular flexibility index (Phi) is 9.42. The first-order valence-corrected chi connectivity index (χ1v) is 12.1. The van der Waals surface area contributed by atoms with E-state index in [1.54, 1.807) is 12.4 Å². The van der Waals surface area contributed by atoms with Crippen molar-refractivity contribution < 1.29 is 20.1 Å². The van der Waals surface area contributed by atoms with E-state index in [1.165, 1.54) is 16.7 Å². The molecule has 0 atom stereocenters. The van der Waals surface area contributed by atoms with Crippen molar-refractivity contribution in [3.8, 4) is 44.9 Å². The molecule has 1 radical (unpaired) electrons. The predicted molar refractivity (Wildman–Crippen MR) is 150 cm³/mol. The summed E-state index contributed by atoms with van der Waals surface area (Å²) in [6.45, 7) is 2.05. The third-order valence-electron chi connectivity index (χ3n) is 5.87. The fourth-order valence-electron chi connectivity index (χ4n) is 4.03. The molecule has 2 aromatic heterocycles. The van der Waals surface area contributed by atoms with Crippen LogP contribution in [0.2, 0.25) is 0 Å². The van der Waals surface area contributed by atoms with E-state index in [0.717, 1.165) is 28.1 Å². The normalized spacial score (nSPS) is 10.0. The summed E-state index contributed by atoms with van der Waals surface area (Å²) in [5.41, 5.74) is 8.68. The van der Waals surface area contributed by atoms with E-state index in [1.807, 2.05) is 78.9 Å². The summed E-state index contributed by atoms with van der Waals surface area (Å²) in [4.78, 5) is 13.2. The Morgan fingerprint density at radius 3 is 1.87 bits per heavy atom. The Morgan fingerprint density at radius 2 is 1.21 bits per heavy atom. The van der Waals surface area contributed by atoms with Crippen LogP contribution in [0.4, 0.5) is 0 Å². The Bertz CT molecular complexity index is 1500. The van der Waals surface area contributed by atoms with Crippen LogP contribution in [0.5, 0.6) is 0 Å². The van der Waals surface area contributed by atoms with Crippen molar-refractivity contribution in [3.63, 3.8) is 0 Å². The average Bonchev–Trinajstić information content (AvgIpc) is 2.99. The summed E-state index contributed by atoms with van der Waals surface area (Å²) in [6.07, 6.45) is 3.48. The van der Waals surface area contributed by atoms with Crippen LogP contribution in [-0.4, -0.2) is 15.0 Å². The molecule has 2 heterocycles. The van der Waals surface area contributed by atoms with Crippen LogP contribution in [0.1, 0.15) is 5.69 Å². The zero-order chi connectivity index (χ0) is 25.3. The number of aromatic nitrogens is 3. The van der Waals surface area contributed by atoms with Crippen LogP contribution in [0.25, 0.3) is 44.9 Å². The number of nitrogens with zero attached hydrogens (tertiary/aromatic N) is 3. The molecule has 0 N–H and O–H groups in total. The first kappa shape index (κ1) is 26.8. The van der Waals surface area contributed by atoms with Gasteiger partial charge in [0.1, 0.15) is 0 Å². The number of rotatable bonds is 4. The van der Waals surface area contributed by atoms with Crippen molar-refractivity contribution in [1.82, 2.24) is 15.0 Å². The van der Waals surface area contributed by atoms with E-state index in [-0.39, 0.29) is 20.1 Å². The summed E-state index contributed by atoms with van der Waals surface area (Å²) < 4.78 is 0. The maximum atomic E-state index is 4.69. The van der Waals surface area contributed by atoms with E-state index >= 15 is 0 Å². The molecule has 0 unspecified atom stereocenters. The van der Waals surface area contributed by atoms with Crippen molar-refractivity contribution in [3.05, 3.63) is 152 Å². The molecule has 3 nitrogen and oxygen atoms in total. The summed E-state index contributed by atoms with van der Waals surface area (Å²) in [5, 5.41) is 0. The number of aryl methyl sites for hydroxylation is 1. The summed E-state index contributed by atoms with van der Waals surface area (Å²) in [7, 11) is 0. The average molecular weight is 668 g/mol. The third-order valence-corrected chi connectivity index (χ3v) is 5.87. The number of pyridine rings is 1. The smallest absolute Gasteiger partial charge is 0.0748 e. The van der Waals surface area contributed by atoms with Crippen LogP contribution in [0.3, 0.4) is 0 Å². The van der Waals surface area contributed by atoms with Gasteiger partial charge in [-0.15, -0.1) is 71.3 Å². The van der Waals surface area contributed by atoms with Gasteiger partial charge >= 0.3 is 0 Å². The molecule has 0 saturated carbocycles. The van der Waals surface area contributed by atoms with Gasteiger partial charge in [-0.1, -0.05) is 72.8 Å². The van der Waals surface area contributed by atoms with Crippen molar-refractivity contribution in [1.29, 1.82) is 0 Å². The van der Waals surface area contributed by atoms with E-state index in [9.17, 15) is 0 Å². The molecule has 0 aliphatic rings. The molecule has 0 fully saturated rings. The van der Waals surface area contributed by atoms with Gasteiger partial charge in [-0.25, -0.2) is 0 Å². The predicted octanol–water partition coefficient (Wildman–Crippen LogP) is 8.13. The Hall–Kier alpha value is -4.24. The van der Waals surface area contributed by atoms with E-state index in [2.05, 4.69) is 76.5 Å². The van der Waals surface area contributed by atoms with E-state index in [0.29, 0.717) is 5.82 Å². The van der Waals surface area contributed by atoms with Gasteiger partial charge < -0.3 is 4.98 Å². The molecule has 187 valence electrons. The monoisotopic (exact) mass is 668 g/mol. The van der Waals surface area contributed by atoms with Crippen molar-refractivity contribution in [2.75, 3.05) is 0 Å². The fourth-order valence-corrected chi connectivity index (χ4v) is 4.03. The second kappa shape index (κ2) is 13.3. The van der Waals surface area contributed by atoms with Crippen molar-refractivity contribution in [2.24, 2.45) is 0 Å². The van der Waals surface area contributed by atoms with Crippen LogP contribution in [-0.2, 0) is 20.1 Å². The molecule has 6 rings (SSSR count). The molecule has 0 amide bonds. The second-order valence-electron chi connectivity index (χ2n) is 8.40. The first-order chi connectivity index (χ1) is 18.3. The Morgan fingerprint density at radius 1 is 0.553 bits per heavy atom. The number of hydrogen-bond donors (Lipinski definition) is 0. The molecular formula is C34H25IrN3-2. The standard InChI is InChI=1S/C18H14N.C16H11N2.Ir/c1-14-17(15-8-4-2-5-9-15)12-13-18(19-14)16-10-6-3-7-11-16;1-2-6-13(7-3-1)14-8-4-9-15(12-14)16-17-10-5-11-18-16;/h2-10,12-13H,1H3;1-8,10-12H;/q2*-1;. The number of hydrogen-bond acceptors (Lipinski definition) is 3. The minimum absolute atomic E-state index is 0. The van der Waals surface area contributed by atoms with Gasteiger partial charge in [0.2, 0.25) is 0 Å². The summed E-state index contributed by atoms with van der Waals surface area (Å²) >= 11 is 0. The van der Waals surface area contributed by atoms with Gasteiger partial charge in [0, 0.05) is 43.8 Å². The topological polar surface area (TPSA) is 38.7 Å². The van der Waals surface area contributed by atoms with Crippen LogP contribution in [0.15, 0.2) is 134 Å². The largest absolute Gasteiger partial charge is 0.301 e. The van der Waals surface area contributed by atoms with Gasteiger partial charge in [-0.05, 0) is 29.8 Å². The van der Waals surface area contributed by atoms with Crippen LogP contribution in [0, 0.1) is 19.1 Å². The third kappa shape index (κ3) is 6.74. The molecule has 38 heavy (non-hydrogen) atoms. The SMILES string of the molecule is Cc1nc(-c2[c-]cccc2)ccc1-c1ccccc1.[Ir].[c-]1ccc(-c2ccccc2)cc1-c1ncccn1. The molecule has 0 saturated heterocycles. The second-order valence-corrected chi connectivity index (χ2v) is 8.40. The van der Waals surface area contributed by atoms with E-state index in [4.69, 9.17) is 0 Å². The molecule has 6 aromatic rings. The Labute approximate surface area is 237 Å². The van der Waals surface area contributed by atoms with Gasteiger partial charge in [-0.3, -0.25) is 9.97 Å². The van der Waals surface area contributed by atoms with Gasteiger partial charge in [-0.2, -0.15) is 0 Å². The molecule has 4 aromatic carbocycles. The summed E-state index contributed by atoms with van der Waals surface area (Å²) in [5.74, 6) is 0.704. The first-order valence-electron chi connectivity index (χ1n) is 12.1. The van der Waals surface area contributed by atoms with E-state index < -0.39 is 0 Å². The van der Waals surface area contributed by atoms with Crippen molar-refractivity contribution >= 4 is 0 Å². The molecule has 0 aliphatic carbocycles. The molecule has 0 spiro atoms. The molecule has 4 heteroatoms. The Balaban J connectivity index is 0.000000173. The van der Waals surface area contributed by atoms with Gasteiger partial charge in [0.05, 0.1) is 5.82 Å². The minimum atomic E-state index is 0. The maximum Gasteiger partial charge on any atom is 0.0748 e.